The van der Waals surface area contributed by atoms with Crippen molar-refractivity contribution in [2.45, 2.75) is 39.5 Å². The summed E-state index contributed by atoms with van der Waals surface area (Å²) in [6.07, 6.45) is 10.1. The van der Waals surface area contributed by atoms with Gasteiger partial charge in [0.2, 0.25) is 0 Å². The molecule has 0 fully saturated rings. The molecule has 0 N–H and O–H groups in total. The lowest BCUT2D eigenvalue weighted by atomic mass is 9.89. The van der Waals surface area contributed by atoms with E-state index in [4.69, 9.17) is 0 Å². The summed E-state index contributed by atoms with van der Waals surface area (Å²) >= 11 is 0. The zero-order valence-electron chi connectivity index (χ0n) is 7.14. The van der Waals surface area contributed by atoms with E-state index < -0.39 is 0 Å². The molecular formula is C10H18. The van der Waals surface area contributed by atoms with Gasteiger partial charge in [-0.25, -0.2) is 0 Å². The summed E-state index contributed by atoms with van der Waals surface area (Å²) in [4.78, 5) is 0. The first-order chi connectivity index (χ1) is 4.79. The smallest absolute Gasteiger partial charge is 0.0325 e. The van der Waals surface area contributed by atoms with Gasteiger partial charge >= 0.3 is 0 Å². The van der Waals surface area contributed by atoms with Crippen LogP contribution in [0.3, 0.4) is 0 Å². The Labute approximate surface area is 64.3 Å². The highest BCUT2D eigenvalue weighted by Crippen LogP contribution is 2.22. The van der Waals surface area contributed by atoms with Gasteiger partial charge in [0.1, 0.15) is 0 Å². The van der Waals surface area contributed by atoms with Crippen molar-refractivity contribution in [1.82, 2.24) is 0 Å². The van der Waals surface area contributed by atoms with Gasteiger partial charge in [0.05, 0.1) is 0 Å². The molecule has 0 saturated carbocycles. The molecule has 1 aliphatic carbocycles. The molecule has 0 spiro atoms. The maximum absolute atomic E-state index is 2.37. The fourth-order valence-electron chi connectivity index (χ4n) is 1.73. The van der Waals surface area contributed by atoms with Crippen LogP contribution in [-0.4, -0.2) is 0 Å². The molecule has 0 bridgehead atoms. The SMILES string of the molecule is CC1CC=CCCC(C)C1. The molecule has 58 valence electrons. The molecular weight excluding hydrogens is 120 g/mol. The molecule has 0 nitrogen and oxygen atoms in total. The average Bonchev–Trinajstić information content (AvgIpc) is 1.83. The number of rotatable bonds is 0. The van der Waals surface area contributed by atoms with Crippen molar-refractivity contribution in [2.75, 3.05) is 0 Å². The molecule has 0 aromatic carbocycles. The molecule has 0 radical (unpaired) electrons. The minimum atomic E-state index is 0.909. The van der Waals surface area contributed by atoms with Crippen molar-refractivity contribution in [1.29, 1.82) is 0 Å². The fourth-order valence-corrected chi connectivity index (χ4v) is 1.73. The summed E-state index contributed by atoms with van der Waals surface area (Å²) in [7, 11) is 0. The summed E-state index contributed by atoms with van der Waals surface area (Å²) < 4.78 is 0. The van der Waals surface area contributed by atoms with E-state index in [2.05, 4.69) is 26.0 Å². The minimum Gasteiger partial charge on any atom is -0.0885 e. The molecule has 0 amide bonds. The van der Waals surface area contributed by atoms with Gasteiger partial charge in [0.25, 0.3) is 0 Å². The minimum absolute atomic E-state index is 0.909. The third-order valence-electron chi connectivity index (χ3n) is 2.34. The van der Waals surface area contributed by atoms with E-state index in [-0.39, 0.29) is 0 Å². The molecule has 2 atom stereocenters. The first-order valence-electron chi connectivity index (χ1n) is 4.44. The van der Waals surface area contributed by atoms with Crippen LogP contribution < -0.4 is 0 Å². The summed E-state index contributed by atoms with van der Waals surface area (Å²) in [5.74, 6) is 1.85. The van der Waals surface area contributed by atoms with Crippen LogP contribution in [0.25, 0.3) is 0 Å². The second kappa shape index (κ2) is 3.80. The lowest BCUT2D eigenvalue weighted by molar-refractivity contribution is 0.392. The molecule has 0 heterocycles. The summed E-state index contributed by atoms with van der Waals surface area (Å²) in [5, 5.41) is 0. The van der Waals surface area contributed by atoms with Crippen molar-refractivity contribution in [3.63, 3.8) is 0 Å². The van der Waals surface area contributed by atoms with Gasteiger partial charge in [-0.15, -0.1) is 0 Å². The van der Waals surface area contributed by atoms with E-state index in [1.807, 2.05) is 0 Å². The Bertz CT molecular complexity index is 113. The van der Waals surface area contributed by atoms with Crippen molar-refractivity contribution in [3.8, 4) is 0 Å². The second-order valence-electron chi connectivity index (χ2n) is 3.73. The number of allylic oxidation sites excluding steroid dienone is 2. The zero-order chi connectivity index (χ0) is 7.40. The molecule has 0 saturated heterocycles. The monoisotopic (exact) mass is 138 g/mol. The summed E-state index contributed by atoms with van der Waals surface area (Å²) in [6.45, 7) is 4.72. The summed E-state index contributed by atoms with van der Waals surface area (Å²) in [5.41, 5.74) is 0. The van der Waals surface area contributed by atoms with Gasteiger partial charge in [-0.05, 0) is 37.5 Å². The Balaban J connectivity index is 2.39. The number of hydrogen-bond acceptors (Lipinski definition) is 0. The van der Waals surface area contributed by atoms with E-state index in [9.17, 15) is 0 Å². The van der Waals surface area contributed by atoms with Gasteiger partial charge in [-0.2, -0.15) is 0 Å². The molecule has 0 aromatic heterocycles. The average molecular weight is 138 g/mol. The molecule has 0 aromatic rings. The van der Waals surface area contributed by atoms with Gasteiger partial charge in [-0.1, -0.05) is 26.0 Å². The predicted molar refractivity (Wildman–Crippen MR) is 45.9 cm³/mol. The third kappa shape index (κ3) is 2.55. The Morgan fingerprint density at radius 1 is 1.10 bits per heavy atom. The predicted octanol–water partition coefficient (Wildman–Crippen LogP) is 3.39. The molecule has 2 unspecified atom stereocenters. The highest BCUT2D eigenvalue weighted by atomic mass is 14.1. The van der Waals surface area contributed by atoms with Crippen LogP contribution in [0.2, 0.25) is 0 Å². The molecule has 0 heteroatoms. The first kappa shape index (κ1) is 7.84. The lowest BCUT2D eigenvalue weighted by Gasteiger charge is -2.17. The quantitative estimate of drug-likeness (QED) is 0.450. The van der Waals surface area contributed by atoms with Crippen LogP contribution in [-0.2, 0) is 0 Å². The number of hydrogen-bond donors (Lipinski definition) is 0. The Morgan fingerprint density at radius 3 is 2.70 bits per heavy atom. The Morgan fingerprint density at radius 2 is 1.90 bits per heavy atom. The van der Waals surface area contributed by atoms with E-state index >= 15 is 0 Å². The van der Waals surface area contributed by atoms with Crippen molar-refractivity contribution >= 4 is 0 Å². The lowest BCUT2D eigenvalue weighted by Crippen LogP contribution is -2.03. The van der Waals surface area contributed by atoms with Crippen LogP contribution in [0.5, 0.6) is 0 Å². The van der Waals surface area contributed by atoms with E-state index in [1.54, 1.807) is 0 Å². The highest BCUT2D eigenvalue weighted by molar-refractivity contribution is 4.86. The topological polar surface area (TPSA) is 0 Å². The van der Waals surface area contributed by atoms with Gasteiger partial charge in [-0.3, -0.25) is 0 Å². The van der Waals surface area contributed by atoms with Gasteiger partial charge in [0.15, 0.2) is 0 Å². The Kier molecular flexibility index (Phi) is 2.98. The van der Waals surface area contributed by atoms with Crippen LogP contribution in [0.15, 0.2) is 12.2 Å². The highest BCUT2D eigenvalue weighted by Gasteiger charge is 2.08. The third-order valence-corrected chi connectivity index (χ3v) is 2.34. The van der Waals surface area contributed by atoms with Crippen LogP contribution in [0.4, 0.5) is 0 Å². The van der Waals surface area contributed by atoms with Gasteiger partial charge < -0.3 is 0 Å². The normalized spacial score (nSPS) is 35.0. The Hall–Kier alpha value is -0.260. The molecule has 0 aliphatic heterocycles. The van der Waals surface area contributed by atoms with E-state index in [0.29, 0.717) is 0 Å². The zero-order valence-corrected chi connectivity index (χ0v) is 7.14. The van der Waals surface area contributed by atoms with E-state index in [0.717, 1.165) is 11.8 Å². The van der Waals surface area contributed by atoms with E-state index in [1.165, 1.54) is 25.7 Å². The second-order valence-corrected chi connectivity index (χ2v) is 3.73. The summed E-state index contributed by atoms with van der Waals surface area (Å²) in [6, 6.07) is 0. The largest absolute Gasteiger partial charge is 0.0885 e. The first-order valence-corrected chi connectivity index (χ1v) is 4.44. The fraction of sp³-hybridized carbons (Fsp3) is 0.800. The van der Waals surface area contributed by atoms with Gasteiger partial charge in [0, 0.05) is 0 Å². The molecule has 10 heavy (non-hydrogen) atoms. The van der Waals surface area contributed by atoms with Crippen molar-refractivity contribution < 1.29 is 0 Å². The van der Waals surface area contributed by atoms with Crippen LogP contribution in [0.1, 0.15) is 39.5 Å². The maximum atomic E-state index is 2.37. The maximum Gasteiger partial charge on any atom is -0.0325 e. The van der Waals surface area contributed by atoms with Crippen LogP contribution >= 0.6 is 0 Å². The van der Waals surface area contributed by atoms with Crippen LogP contribution in [0, 0.1) is 11.8 Å². The molecule has 1 rings (SSSR count). The molecule has 1 aliphatic rings. The standard InChI is InChI=1S/C10H18/c1-9-6-4-3-5-7-10(2)8-9/h3-4,9-10H,5-8H2,1-2H3. The van der Waals surface area contributed by atoms with Crippen molar-refractivity contribution in [2.24, 2.45) is 11.8 Å². The van der Waals surface area contributed by atoms with Crippen molar-refractivity contribution in [3.05, 3.63) is 12.2 Å².